The molecule has 140 valence electrons. The van der Waals surface area contributed by atoms with Crippen molar-refractivity contribution < 1.29 is 14.3 Å². The van der Waals surface area contributed by atoms with Crippen LogP contribution < -0.4 is 9.47 Å². The quantitative estimate of drug-likeness (QED) is 0.738. The molecule has 1 unspecified atom stereocenters. The summed E-state index contributed by atoms with van der Waals surface area (Å²) in [4.78, 5) is 22.9. The highest BCUT2D eigenvalue weighted by atomic mass is 35.5. The number of likely N-dealkylation sites (N-methyl/N-ethyl adjacent to an activating group) is 1. The summed E-state index contributed by atoms with van der Waals surface area (Å²) < 4.78 is 10.8. The molecule has 7 heteroatoms. The minimum atomic E-state index is -0.291. The number of hydrogen-bond donors (Lipinski definition) is 0. The highest BCUT2D eigenvalue weighted by molar-refractivity contribution is 6.30. The molecule has 0 aliphatic carbocycles. The molecule has 0 N–H and O–H groups in total. The van der Waals surface area contributed by atoms with Gasteiger partial charge in [0.05, 0.1) is 32.2 Å². The third-order valence-corrected chi connectivity index (χ3v) is 4.46. The number of carbonyl (C=O) groups is 1. The van der Waals surface area contributed by atoms with Crippen LogP contribution in [0.1, 0.15) is 31.0 Å². The molecule has 0 fully saturated rings. The van der Waals surface area contributed by atoms with Crippen molar-refractivity contribution in [3.05, 3.63) is 46.7 Å². The van der Waals surface area contributed by atoms with E-state index in [0.717, 1.165) is 5.56 Å². The second kappa shape index (κ2) is 8.85. The maximum atomic E-state index is 12.9. The zero-order valence-electron chi connectivity index (χ0n) is 15.7. The minimum absolute atomic E-state index is 0.0287. The lowest BCUT2D eigenvalue weighted by Crippen LogP contribution is -2.35. The Bertz CT molecular complexity index is 728. The van der Waals surface area contributed by atoms with E-state index in [1.165, 1.54) is 20.5 Å². The second-order valence-corrected chi connectivity index (χ2v) is 6.74. The molecule has 0 aliphatic rings. The van der Waals surface area contributed by atoms with Crippen LogP contribution in [-0.2, 0) is 11.2 Å². The molecule has 1 aromatic carbocycles. The molecule has 26 heavy (non-hydrogen) atoms. The van der Waals surface area contributed by atoms with Gasteiger partial charge in [0, 0.05) is 12.1 Å². The van der Waals surface area contributed by atoms with Gasteiger partial charge in [0.25, 0.3) is 0 Å². The summed E-state index contributed by atoms with van der Waals surface area (Å²) in [6.45, 7) is 4.06. The van der Waals surface area contributed by atoms with Crippen LogP contribution in [0.15, 0.2) is 30.6 Å². The number of ether oxygens (including phenoxy) is 2. The lowest BCUT2D eigenvalue weighted by atomic mass is 9.95. The van der Waals surface area contributed by atoms with Gasteiger partial charge in [-0.3, -0.25) is 4.79 Å². The Balaban J connectivity index is 2.34. The Morgan fingerprint density at radius 2 is 1.65 bits per heavy atom. The van der Waals surface area contributed by atoms with Crippen LogP contribution in [0.3, 0.4) is 0 Å². The average Bonchev–Trinajstić information content (AvgIpc) is 2.63. The lowest BCUT2D eigenvalue weighted by molar-refractivity contribution is -0.132. The van der Waals surface area contributed by atoms with Gasteiger partial charge in [-0.25, -0.2) is 9.97 Å². The molecule has 2 aromatic rings. The van der Waals surface area contributed by atoms with Crippen LogP contribution in [0.4, 0.5) is 0 Å². The molecule has 1 aromatic heterocycles. The maximum absolute atomic E-state index is 12.9. The molecule has 0 saturated carbocycles. The van der Waals surface area contributed by atoms with Gasteiger partial charge >= 0.3 is 0 Å². The number of hydrogen-bond acceptors (Lipinski definition) is 5. The molecular weight excluding hydrogens is 354 g/mol. The Morgan fingerprint density at radius 1 is 1.12 bits per heavy atom. The smallest absolute Gasteiger partial charge is 0.227 e. The van der Waals surface area contributed by atoms with Crippen LogP contribution >= 0.6 is 11.6 Å². The number of rotatable bonds is 7. The molecule has 1 amide bonds. The first-order chi connectivity index (χ1) is 12.4. The summed E-state index contributed by atoms with van der Waals surface area (Å²) in [5.41, 5.74) is 1.57. The van der Waals surface area contributed by atoms with Crippen LogP contribution in [0.25, 0.3) is 0 Å². The van der Waals surface area contributed by atoms with Crippen LogP contribution in [-0.4, -0.2) is 42.0 Å². The van der Waals surface area contributed by atoms with Gasteiger partial charge in [-0.2, -0.15) is 0 Å². The summed E-state index contributed by atoms with van der Waals surface area (Å²) in [6, 6.07) is 6.97. The lowest BCUT2D eigenvalue weighted by Gasteiger charge is -2.32. The highest BCUT2D eigenvalue weighted by Gasteiger charge is 2.31. The molecule has 0 radical (unpaired) electrons. The van der Waals surface area contributed by atoms with Crippen LogP contribution in [0.5, 0.6) is 11.8 Å². The third kappa shape index (κ3) is 4.43. The normalized spacial score (nSPS) is 12.0. The van der Waals surface area contributed by atoms with E-state index in [9.17, 15) is 4.79 Å². The van der Waals surface area contributed by atoms with Crippen LogP contribution in [0.2, 0.25) is 5.02 Å². The van der Waals surface area contributed by atoms with E-state index in [1.54, 1.807) is 24.1 Å². The van der Waals surface area contributed by atoms with Crippen molar-refractivity contribution >= 4 is 17.5 Å². The van der Waals surface area contributed by atoms with Crippen molar-refractivity contribution in [2.75, 3.05) is 21.3 Å². The van der Waals surface area contributed by atoms with E-state index in [1.807, 2.05) is 26.0 Å². The number of nitrogens with zero attached hydrogens (tertiary/aromatic N) is 3. The molecule has 0 aliphatic heterocycles. The van der Waals surface area contributed by atoms with Crippen molar-refractivity contribution in [3.63, 3.8) is 0 Å². The van der Waals surface area contributed by atoms with E-state index in [0.29, 0.717) is 22.3 Å². The highest BCUT2D eigenvalue weighted by Crippen LogP contribution is 2.38. The number of halogens is 1. The minimum Gasteiger partial charge on any atom is -0.481 e. The summed E-state index contributed by atoms with van der Waals surface area (Å²) in [5, 5.41) is 0.644. The van der Waals surface area contributed by atoms with Crippen LogP contribution in [0, 0.1) is 5.92 Å². The molecule has 0 bridgehead atoms. The van der Waals surface area contributed by atoms with Gasteiger partial charge < -0.3 is 14.4 Å². The molecule has 6 nitrogen and oxygen atoms in total. The monoisotopic (exact) mass is 377 g/mol. The molecule has 1 atom stereocenters. The van der Waals surface area contributed by atoms with E-state index >= 15 is 0 Å². The van der Waals surface area contributed by atoms with E-state index in [-0.39, 0.29) is 24.3 Å². The molecular formula is C19H24ClN3O3. The molecule has 0 saturated heterocycles. The number of carbonyl (C=O) groups excluding carboxylic acids is 1. The fraction of sp³-hybridized carbons (Fsp3) is 0.421. The fourth-order valence-corrected chi connectivity index (χ4v) is 3.10. The SMILES string of the molecule is COc1ncnc(OC)c1C(C(C)C)N(C)C(=O)Cc1ccc(Cl)cc1. The van der Waals surface area contributed by atoms with Gasteiger partial charge in [-0.15, -0.1) is 0 Å². The number of methoxy groups -OCH3 is 2. The molecule has 1 heterocycles. The second-order valence-electron chi connectivity index (χ2n) is 6.30. The Labute approximate surface area is 159 Å². The predicted molar refractivity (Wildman–Crippen MR) is 101 cm³/mol. The first-order valence-corrected chi connectivity index (χ1v) is 8.69. The third-order valence-electron chi connectivity index (χ3n) is 4.20. The zero-order valence-corrected chi connectivity index (χ0v) is 16.4. The van der Waals surface area contributed by atoms with Gasteiger partial charge in [-0.1, -0.05) is 37.6 Å². The van der Waals surface area contributed by atoms with Gasteiger partial charge in [0.2, 0.25) is 17.7 Å². The van der Waals surface area contributed by atoms with Crippen molar-refractivity contribution in [2.24, 2.45) is 5.92 Å². The van der Waals surface area contributed by atoms with E-state index in [4.69, 9.17) is 21.1 Å². The standard InChI is InChI=1S/C19H24ClN3O3/c1-12(2)17(16-18(25-4)21-11-22-19(16)26-5)23(3)15(24)10-13-6-8-14(20)9-7-13/h6-9,11-12,17H,10H2,1-5H3. The van der Waals surface area contributed by atoms with E-state index in [2.05, 4.69) is 9.97 Å². The number of amides is 1. The van der Waals surface area contributed by atoms with Crippen molar-refractivity contribution in [1.82, 2.24) is 14.9 Å². The van der Waals surface area contributed by atoms with E-state index < -0.39 is 0 Å². The van der Waals surface area contributed by atoms with Crippen molar-refractivity contribution in [2.45, 2.75) is 26.3 Å². The summed E-state index contributed by atoms with van der Waals surface area (Å²) in [7, 11) is 4.85. The Morgan fingerprint density at radius 3 is 2.12 bits per heavy atom. The van der Waals surface area contributed by atoms with Gasteiger partial charge in [0.15, 0.2) is 0 Å². The topological polar surface area (TPSA) is 64.6 Å². The summed E-state index contributed by atoms with van der Waals surface area (Å²) >= 11 is 5.91. The Kier molecular flexibility index (Phi) is 6.80. The summed E-state index contributed by atoms with van der Waals surface area (Å²) in [6.07, 6.45) is 1.66. The first-order valence-electron chi connectivity index (χ1n) is 8.32. The first kappa shape index (κ1) is 20.0. The zero-order chi connectivity index (χ0) is 19.3. The average molecular weight is 378 g/mol. The van der Waals surface area contributed by atoms with Crippen molar-refractivity contribution in [3.8, 4) is 11.8 Å². The van der Waals surface area contributed by atoms with Crippen molar-refractivity contribution in [1.29, 1.82) is 0 Å². The predicted octanol–water partition coefficient (Wildman–Crippen LogP) is 3.55. The molecule has 2 rings (SSSR count). The van der Waals surface area contributed by atoms with Gasteiger partial charge in [-0.05, 0) is 23.6 Å². The fourth-order valence-electron chi connectivity index (χ4n) is 2.97. The maximum Gasteiger partial charge on any atom is 0.227 e. The van der Waals surface area contributed by atoms with Gasteiger partial charge in [0.1, 0.15) is 6.33 Å². The number of benzene rings is 1. The largest absolute Gasteiger partial charge is 0.481 e. The number of aromatic nitrogens is 2. The molecule has 0 spiro atoms. The summed E-state index contributed by atoms with van der Waals surface area (Å²) in [5.74, 6) is 0.880. The Hall–Kier alpha value is -2.34.